The fourth-order valence-corrected chi connectivity index (χ4v) is 4.53. The van der Waals surface area contributed by atoms with Gasteiger partial charge in [-0.3, -0.25) is 9.48 Å². The molecule has 2 aliphatic rings. The van der Waals surface area contributed by atoms with E-state index in [4.69, 9.17) is 4.74 Å². The van der Waals surface area contributed by atoms with Gasteiger partial charge >= 0.3 is 0 Å². The monoisotopic (exact) mass is 395 g/mol. The third-order valence-corrected chi connectivity index (χ3v) is 6.59. The van der Waals surface area contributed by atoms with Gasteiger partial charge in [-0.1, -0.05) is 5.21 Å². The molecule has 2 aromatic rings. The first-order valence-corrected chi connectivity index (χ1v) is 10.2. The van der Waals surface area contributed by atoms with E-state index in [1.807, 2.05) is 6.92 Å². The molecule has 2 aromatic heterocycles. The molecule has 4 heterocycles. The van der Waals surface area contributed by atoms with Crippen LogP contribution < -0.4 is 0 Å². The van der Waals surface area contributed by atoms with Crippen LogP contribution >= 0.6 is 0 Å². The molecule has 146 valence electrons. The molecule has 0 bridgehead atoms. The molecule has 27 heavy (non-hydrogen) atoms. The van der Waals surface area contributed by atoms with Crippen LogP contribution in [0.2, 0.25) is 0 Å². The van der Waals surface area contributed by atoms with Gasteiger partial charge in [0, 0.05) is 38.9 Å². The molecular formula is C15H21N7O4S. The minimum atomic E-state index is -3.56. The van der Waals surface area contributed by atoms with Crippen LogP contribution in [-0.4, -0.2) is 87.7 Å². The number of morpholine rings is 1. The van der Waals surface area contributed by atoms with Gasteiger partial charge in [-0.2, -0.15) is 9.40 Å². The van der Waals surface area contributed by atoms with Crippen LogP contribution in [0.25, 0.3) is 0 Å². The van der Waals surface area contributed by atoms with Crippen LogP contribution in [0, 0.1) is 0 Å². The first kappa shape index (κ1) is 18.1. The lowest BCUT2D eigenvalue weighted by molar-refractivity contribution is 0.0299. The number of amides is 1. The highest BCUT2D eigenvalue weighted by atomic mass is 32.2. The number of carbonyl (C=O) groups excluding carboxylic acids is 1. The number of nitrogens with zero attached hydrogens (tertiary/aromatic N) is 7. The van der Waals surface area contributed by atoms with Crippen molar-refractivity contribution < 1.29 is 17.9 Å². The Kier molecular flexibility index (Phi) is 4.70. The van der Waals surface area contributed by atoms with Gasteiger partial charge in [0.1, 0.15) is 4.90 Å². The minimum Gasteiger partial charge on any atom is -0.378 e. The van der Waals surface area contributed by atoms with Gasteiger partial charge < -0.3 is 9.64 Å². The van der Waals surface area contributed by atoms with Crippen molar-refractivity contribution in [2.24, 2.45) is 0 Å². The fraction of sp³-hybridized carbons (Fsp3) is 0.600. The number of carbonyl (C=O) groups is 1. The standard InChI is InChI=1S/C15H21N7O4S/c1-2-20-10-13(7-16-20)27(24,25)21-8-12(9-21)22-11-14(17-18-22)15(23)19-3-5-26-6-4-19/h7,10-12H,2-6,8-9H2,1H3. The Hall–Kier alpha value is -2.31. The normalized spacial score (nSPS) is 19.2. The first-order chi connectivity index (χ1) is 13.0. The predicted octanol–water partition coefficient (Wildman–Crippen LogP) is -0.787. The second-order valence-electron chi connectivity index (χ2n) is 6.50. The Morgan fingerprint density at radius 3 is 2.67 bits per heavy atom. The molecule has 0 radical (unpaired) electrons. The zero-order valence-electron chi connectivity index (χ0n) is 14.9. The van der Waals surface area contributed by atoms with Crippen LogP contribution in [0.1, 0.15) is 23.5 Å². The molecule has 0 spiro atoms. The van der Waals surface area contributed by atoms with Crippen molar-refractivity contribution in [1.29, 1.82) is 0 Å². The Labute approximate surface area is 156 Å². The Balaban J connectivity index is 1.39. The summed E-state index contributed by atoms with van der Waals surface area (Å²) >= 11 is 0. The van der Waals surface area contributed by atoms with Gasteiger partial charge in [0.15, 0.2) is 5.69 Å². The van der Waals surface area contributed by atoms with Gasteiger partial charge in [0.2, 0.25) is 10.0 Å². The maximum Gasteiger partial charge on any atom is 0.276 e. The Morgan fingerprint density at radius 2 is 2.00 bits per heavy atom. The molecule has 12 heteroatoms. The number of aryl methyl sites for hydroxylation is 1. The van der Waals surface area contributed by atoms with Crippen molar-refractivity contribution in [2.75, 3.05) is 39.4 Å². The number of ether oxygens (including phenoxy) is 1. The first-order valence-electron chi connectivity index (χ1n) is 8.80. The van der Waals surface area contributed by atoms with E-state index < -0.39 is 10.0 Å². The number of sulfonamides is 1. The largest absolute Gasteiger partial charge is 0.378 e. The molecule has 1 amide bonds. The lowest BCUT2D eigenvalue weighted by Crippen LogP contribution is -2.50. The molecule has 2 saturated heterocycles. The molecule has 2 fully saturated rings. The summed E-state index contributed by atoms with van der Waals surface area (Å²) in [5.74, 6) is -0.180. The molecule has 0 unspecified atom stereocenters. The summed E-state index contributed by atoms with van der Waals surface area (Å²) in [6.45, 7) is 5.18. The summed E-state index contributed by atoms with van der Waals surface area (Å²) in [6, 6.07) is -0.139. The molecule has 0 aliphatic carbocycles. The zero-order valence-corrected chi connectivity index (χ0v) is 15.7. The molecular weight excluding hydrogens is 374 g/mol. The summed E-state index contributed by atoms with van der Waals surface area (Å²) in [7, 11) is -3.56. The van der Waals surface area contributed by atoms with Crippen molar-refractivity contribution in [3.05, 3.63) is 24.3 Å². The summed E-state index contributed by atoms with van der Waals surface area (Å²) < 4.78 is 34.9. The van der Waals surface area contributed by atoms with Crippen LogP contribution in [0.3, 0.4) is 0 Å². The summed E-state index contributed by atoms with van der Waals surface area (Å²) in [6.07, 6.45) is 4.47. The van der Waals surface area contributed by atoms with Crippen molar-refractivity contribution in [3.63, 3.8) is 0 Å². The van der Waals surface area contributed by atoms with E-state index in [-0.39, 0.29) is 35.6 Å². The van der Waals surface area contributed by atoms with Crippen molar-refractivity contribution in [3.8, 4) is 0 Å². The highest BCUT2D eigenvalue weighted by Gasteiger charge is 2.39. The van der Waals surface area contributed by atoms with E-state index in [1.165, 1.54) is 16.7 Å². The van der Waals surface area contributed by atoms with E-state index in [1.54, 1.807) is 20.5 Å². The highest BCUT2D eigenvalue weighted by Crippen LogP contribution is 2.27. The lowest BCUT2D eigenvalue weighted by atomic mass is 10.2. The second kappa shape index (κ2) is 7.02. The summed E-state index contributed by atoms with van der Waals surface area (Å²) in [5.41, 5.74) is 0.266. The van der Waals surface area contributed by atoms with E-state index in [0.29, 0.717) is 32.8 Å². The fourth-order valence-electron chi connectivity index (χ4n) is 3.06. The highest BCUT2D eigenvalue weighted by molar-refractivity contribution is 7.89. The molecule has 11 nitrogen and oxygen atoms in total. The Bertz CT molecular complexity index is 926. The van der Waals surface area contributed by atoms with Crippen LogP contribution in [0.15, 0.2) is 23.5 Å². The van der Waals surface area contributed by atoms with Crippen molar-refractivity contribution in [1.82, 2.24) is 34.0 Å². The summed E-state index contributed by atoms with van der Waals surface area (Å²) in [4.78, 5) is 14.3. The Morgan fingerprint density at radius 1 is 1.26 bits per heavy atom. The number of hydrogen-bond donors (Lipinski definition) is 0. The molecule has 0 saturated carbocycles. The maximum atomic E-state index is 12.6. The van der Waals surface area contributed by atoms with Gasteiger partial charge in [-0.05, 0) is 6.92 Å². The average Bonchev–Trinajstić information content (AvgIpc) is 3.30. The number of hydrogen-bond acceptors (Lipinski definition) is 7. The maximum absolute atomic E-state index is 12.6. The molecule has 0 atom stereocenters. The van der Waals surface area contributed by atoms with E-state index in [2.05, 4.69) is 15.4 Å². The van der Waals surface area contributed by atoms with Crippen LogP contribution in [0.4, 0.5) is 0 Å². The zero-order chi connectivity index (χ0) is 19.0. The molecule has 0 aromatic carbocycles. The summed E-state index contributed by atoms with van der Waals surface area (Å²) in [5, 5.41) is 12.0. The van der Waals surface area contributed by atoms with Crippen molar-refractivity contribution >= 4 is 15.9 Å². The van der Waals surface area contributed by atoms with Crippen molar-refractivity contribution in [2.45, 2.75) is 24.4 Å². The molecule has 4 rings (SSSR count). The van der Waals surface area contributed by atoms with E-state index in [0.717, 1.165) is 0 Å². The minimum absolute atomic E-state index is 0.139. The van der Waals surface area contributed by atoms with E-state index in [9.17, 15) is 13.2 Å². The SMILES string of the molecule is CCn1cc(S(=O)(=O)N2CC(n3cc(C(=O)N4CCOCC4)nn3)C2)cn1. The molecule has 0 N–H and O–H groups in total. The van der Waals surface area contributed by atoms with Gasteiger partial charge in [0.05, 0.1) is 31.6 Å². The quantitative estimate of drug-likeness (QED) is 0.652. The van der Waals surface area contributed by atoms with Crippen LogP contribution in [-0.2, 0) is 21.3 Å². The number of rotatable bonds is 5. The smallest absolute Gasteiger partial charge is 0.276 e. The average molecular weight is 395 g/mol. The topological polar surface area (TPSA) is 115 Å². The van der Waals surface area contributed by atoms with Crippen LogP contribution in [0.5, 0.6) is 0 Å². The second-order valence-corrected chi connectivity index (χ2v) is 8.43. The van der Waals surface area contributed by atoms with E-state index >= 15 is 0 Å². The van der Waals surface area contributed by atoms with Gasteiger partial charge in [-0.15, -0.1) is 5.10 Å². The lowest BCUT2D eigenvalue weighted by Gasteiger charge is -2.37. The number of aromatic nitrogens is 5. The molecule has 2 aliphatic heterocycles. The van der Waals surface area contributed by atoms with Gasteiger partial charge in [-0.25, -0.2) is 13.1 Å². The van der Waals surface area contributed by atoms with Gasteiger partial charge in [0.25, 0.3) is 5.91 Å². The third kappa shape index (κ3) is 3.35. The predicted molar refractivity (Wildman–Crippen MR) is 92.4 cm³/mol. The third-order valence-electron chi connectivity index (χ3n) is 4.80.